The van der Waals surface area contributed by atoms with Crippen molar-refractivity contribution in [1.29, 1.82) is 0 Å². The van der Waals surface area contributed by atoms with Gasteiger partial charge in [-0.25, -0.2) is 0 Å². The van der Waals surface area contributed by atoms with Crippen LogP contribution < -0.4 is 11.1 Å². The third-order valence-corrected chi connectivity index (χ3v) is 3.25. The van der Waals surface area contributed by atoms with Gasteiger partial charge in [-0.1, -0.05) is 0 Å². The lowest BCUT2D eigenvalue weighted by Crippen LogP contribution is -2.29. The first-order valence-corrected chi connectivity index (χ1v) is 6.23. The van der Waals surface area contributed by atoms with Crippen molar-refractivity contribution in [2.45, 2.75) is 25.0 Å². The number of hydrogen-bond donors (Lipinski definition) is 3. The second kappa shape index (κ2) is 4.94. The number of carbonyl (C=O) groups is 1. The van der Waals surface area contributed by atoms with Gasteiger partial charge in [0, 0.05) is 12.2 Å². The fraction of sp³-hybridized carbons (Fsp3) is 0.417. The van der Waals surface area contributed by atoms with E-state index in [1.807, 2.05) is 0 Å². The Balaban J connectivity index is 1.68. The van der Waals surface area contributed by atoms with E-state index in [-0.39, 0.29) is 12.0 Å². The molecule has 1 aliphatic heterocycles. The first-order valence-electron chi connectivity index (χ1n) is 6.23. The van der Waals surface area contributed by atoms with Crippen LogP contribution in [0.3, 0.4) is 0 Å². The molecule has 19 heavy (non-hydrogen) atoms. The van der Waals surface area contributed by atoms with Crippen LogP contribution >= 0.6 is 0 Å². The Bertz CT molecular complexity index is 597. The van der Waals surface area contributed by atoms with Crippen molar-refractivity contribution in [1.82, 2.24) is 15.4 Å². The molecule has 0 spiro atoms. The van der Waals surface area contributed by atoms with E-state index in [2.05, 4.69) is 20.7 Å². The third-order valence-electron chi connectivity index (χ3n) is 3.25. The normalized spacial score (nSPS) is 22.8. The molecule has 0 aliphatic carbocycles. The maximum absolute atomic E-state index is 12.0. The molecule has 0 bridgehead atoms. The molecule has 1 saturated heterocycles. The number of H-pyrrole nitrogens is 1. The van der Waals surface area contributed by atoms with Crippen molar-refractivity contribution in [3.63, 3.8) is 0 Å². The van der Waals surface area contributed by atoms with Gasteiger partial charge in [0.2, 0.25) is 0 Å². The summed E-state index contributed by atoms with van der Waals surface area (Å²) >= 11 is 0. The molecule has 3 rings (SSSR count). The lowest BCUT2D eigenvalue weighted by Gasteiger charge is -2.12. The average molecular weight is 261 g/mol. The Morgan fingerprint density at radius 2 is 2.26 bits per heavy atom. The molecule has 0 unspecified atom stereocenters. The van der Waals surface area contributed by atoms with Gasteiger partial charge in [0.1, 0.15) is 17.1 Å². The highest BCUT2D eigenvalue weighted by Crippen LogP contribution is 2.21. The number of nitrogens with two attached hydrogens (primary N) is 1. The Morgan fingerprint density at radius 3 is 3.05 bits per heavy atom. The van der Waals surface area contributed by atoms with E-state index in [0.29, 0.717) is 24.2 Å². The van der Waals surface area contributed by atoms with Gasteiger partial charge < -0.3 is 15.8 Å². The number of aromatic nitrogens is 3. The van der Waals surface area contributed by atoms with Crippen LogP contribution in [0.5, 0.6) is 0 Å². The molecule has 1 aliphatic rings. The molecular weight excluding hydrogens is 246 g/mol. The number of rotatable bonds is 3. The Morgan fingerprint density at radius 1 is 1.42 bits per heavy atom. The number of fused-ring (bicyclic) bond motifs is 1. The molecule has 0 radical (unpaired) electrons. The molecule has 0 saturated carbocycles. The standard InChI is InChI=1S/C12H15N5O2/c13-6-8-2-4-11(19-8)12(18)14-7-1-3-9-10(5-7)16-17-15-9/h1,3,5,8,11H,2,4,6,13H2,(H,14,18)(H,15,16,17)/t8-,11+/m1/s1. The minimum absolute atomic E-state index is 0.00577. The van der Waals surface area contributed by atoms with Crippen LogP contribution in [-0.4, -0.2) is 40.1 Å². The smallest absolute Gasteiger partial charge is 0.253 e. The largest absolute Gasteiger partial charge is 0.364 e. The van der Waals surface area contributed by atoms with Gasteiger partial charge in [-0.3, -0.25) is 4.79 Å². The van der Waals surface area contributed by atoms with Crippen LogP contribution in [0.25, 0.3) is 11.0 Å². The van der Waals surface area contributed by atoms with Gasteiger partial charge in [-0.15, -0.1) is 0 Å². The Labute approximate surface area is 109 Å². The molecule has 7 heteroatoms. The summed E-state index contributed by atoms with van der Waals surface area (Å²) in [4.78, 5) is 12.0. The van der Waals surface area contributed by atoms with E-state index in [0.717, 1.165) is 11.9 Å². The number of benzene rings is 1. The minimum Gasteiger partial charge on any atom is -0.364 e. The molecule has 1 aromatic carbocycles. The number of nitrogens with zero attached hydrogens (tertiary/aromatic N) is 2. The maximum atomic E-state index is 12.0. The van der Waals surface area contributed by atoms with Crippen molar-refractivity contribution in [2.24, 2.45) is 5.73 Å². The van der Waals surface area contributed by atoms with Gasteiger partial charge in [0.05, 0.1) is 6.10 Å². The predicted octanol–water partition coefficient (Wildman–Crippen LogP) is 0.403. The summed E-state index contributed by atoms with van der Waals surface area (Å²) in [6, 6.07) is 5.36. The maximum Gasteiger partial charge on any atom is 0.253 e. The number of hydrogen-bond acceptors (Lipinski definition) is 5. The molecule has 2 aromatic rings. The summed E-state index contributed by atoms with van der Waals surface area (Å²) < 4.78 is 5.55. The molecule has 1 fully saturated rings. The predicted molar refractivity (Wildman–Crippen MR) is 69.5 cm³/mol. The molecule has 1 amide bonds. The highest BCUT2D eigenvalue weighted by atomic mass is 16.5. The van der Waals surface area contributed by atoms with Crippen molar-refractivity contribution in [2.75, 3.05) is 11.9 Å². The van der Waals surface area contributed by atoms with Crippen molar-refractivity contribution in [3.05, 3.63) is 18.2 Å². The number of carbonyl (C=O) groups excluding carboxylic acids is 1. The minimum atomic E-state index is -0.415. The Kier molecular flexibility index (Phi) is 3.14. The van der Waals surface area contributed by atoms with Crippen LogP contribution in [0.15, 0.2) is 18.2 Å². The molecule has 7 nitrogen and oxygen atoms in total. The summed E-state index contributed by atoms with van der Waals surface area (Å²) in [6.45, 7) is 0.453. The highest BCUT2D eigenvalue weighted by molar-refractivity contribution is 5.95. The molecule has 1 aromatic heterocycles. The number of anilines is 1. The number of ether oxygens (including phenoxy) is 1. The van der Waals surface area contributed by atoms with E-state index in [1.165, 1.54) is 0 Å². The van der Waals surface area contributed by atoms with Gasteiger partial charge >= 0.3 is 0 Å². The molecule has 4 N–H and O–H groups in total. The summed E-state index contributed by atoms with van der Waals surface area (Å²) in [5.74, 6) is -0.140. The van der Waals surface area contributed by atoms with E-state index in [4.69, 9.17) is 10.5 Å². The van der Waals surface area contributed by atoms with Crippen LogP contribution in [0.4, 0.5) is 5.69 Å². The van der Waals surface area contributed by atoms with Crippen molar-refractivity contribution < 1.29 is 9.53 Å². The zero-order valence-corrected chi connectivity index (χ0v) is 10.3. The van der Waals surface area contributed by atoms with Crippen LogP contribution in [0.2, 0.25) is 0 Å². The SMILES string of the molecule is NC[C@H]1CC[C@@H](C(=O)Nc2ccc3n[nH]nc3c2)O1. The summed E-state index contributed by atoms with van der Waals surface area (Å²) in [7, 11) is 0. The Hall–Kier alpha value is -1.99. The zero-order valence-electron chi connectivity index (χ0n) is 10.3. The summed E-state index contributed by atoms with van der Waals surface area (Å²) in [6.07, 6.45) is 1.12. The zero-order chi connectivity index (χ0) is 13.2. The van der Waals surface area contributed by atoms with E-state index in [9.17, 15) is 4.79 Å². The summed E-state index contributed by atoms with van der Waals surface area (Å²) in [5, 5.41) is 13.3. The van der Waals surface area contributed by atoms with Crippen LogP contribution in [0, 0.1) is 0 Å². The van der Waals surface area contributed by atoms with E-state index < -0.39 is 6.10 Å². The molecule has 2 heterocycles. The van der Waals surface area contributed by atoms with Gasteiger partial charge in [-0.2, -0.15) is 15.4 Å². The fourth-order valence-corrected chi connectivity index (χ4v) is 2.21. The average Bonchev–Trinajstić information content (AvgIpc) is 3.06. The topological polar surface area (TPSA) is 106 Å². The van der Waals surface area contributed by atoms with Crippen LogP contribution in [-0.2, 0) is 9.53 Å². The first kappa shape index (κ1) is 12.1. The second-order valence-electron chi connectivity index (χ2n) is 4.58. The molecule has 2 atom stereocenters. The highest BCUT2D eigenvalue weighted by Gasteiger charge is 2.29. The lowest BCUT2D eigenvalue weighted by molar-refractivity contribution is -0.126. The van der Waals surface area contributed by atoms with E-state index in [1.54, 1.807) is 18.2 Å². The lowest BCUT2D eigenvalue weighted by atomic mass is 10.2. The molecular formula is C12H15N5O2. The van der Waals surface area contributed by atoms with Crippen molar-refractivity contribution >= 4 is 22.6 Å². The summed E-state index contributed by atoms with van der Waals surface area (Å²) in [5.41, 5.74) is 7.69. The van der Waals surface area contributed by atoms with Gasteiger partial charge in [-0.05, 0) is 31.0 Å². The van der Waals surface area contributed by atoms with E-state index >= 15 is 0 Å². The second-order valence-corrected chi connectivity index (χ2v) is 4.58. The third kappa shape index (κ3) is 2.42. The first-order chi connectivity index (χ1) is 9.26. The number of aromatic amines is 1. The molecule has 100 valence electrons. The quantitative estimate of drug-likeness (QED) is 0.741. The van der Waals surface area contributed by atoms with Crippen LogP contribution in [0.1, 0.15) is 12.8 Å². The monoisotopic (exact) mass is 261 g/mol. The van der Waals surface area contributed by atoms with Gasteiger partial charge in [0.25, 0.3) is 5.91 Å². The van der Waals surface area contributed by atoms with Gasteiger partial charge in [0.15, 0.2) is 0 Å². The number of nitrogens with one attached hydrogen (secondary N) is 2. The van der Waals surface area contributed by atoms with Crippen molar-refractivity contribution in [3.8, 4) is 0 Å². The fourth-order valence-electron chi connectivity index (χ4n) is 2.21. The number of amides is 1.